The van der Waals surface area contributed by atoms with Crippen LogP contribution in [0.4, 0.5) is 13.2 Å². The smallest absolute Gasteiger partial charge is 0.433 e. The lowest BCUT2D eigenvalue weighted by Crippen LogP contribution is -2.13. The van der Waals surface area contributed by atoms with Crippen LogP contribution in [0.3, 0.4) is 0 Å². The van der Waals surface area contributed by atoms with Crippen LogP contribution in [0.2, 0.25) is 0 Å². The third-order valence-electron chi connectivity index (χ3n) is 2.20. The van der Waals surface area contributed by atoms with Gasteiger partial charge in [-0.2, -0.15) is 13.2 Å². The van der Waals surface area contributed by atoms with Crippen LogP contribution in [0, 0.1) is 0 Å². The summed E-state index contributed by atoms with van der Waals surface area (Å²) in [7, 11) is 0. The van der Waals surface area contributed by atoms with Crippen LogP contribution >= 0.6 is 15.9 Å². The maximum absolute atomic E-state index is 12.9. The first kappa shape index (κ1) is 13.8. The van der Waals surface area contributed by atoms with E-state index in [2.05, 4.69) is 30.6 Å². The second-order valence-corrected chi connectivity index (χ2v) is 4.32. The van der Waals surface area contributed by atoms with Gasteiger partial charge in [0.1, 0.15) is 5.69 Å². The van der Waals surface area contributed by atoms with Crippen LogP contribution < -0.4 is 0 Å². The van der Waals surface area contributed by atoms with Gasteiger partial charge in [0.2, 0.25) is 5.78 Å². The number of carbonyl (C=O) groups is 1. The summed E-state index contributed by atoms with van der Waals surface area (Å²) in [4.78, 5) is 18.9. The van der Waals surface area contributed by atoms with Crippen molar-refractivity contribution in [2.75, 3.05) is 6.61 Å². The van der Waals surface area contributed by atoms with Crippen LogP contribution in [0.5, 0.6) is 0 Å². The number of hydrogen-bond acceptors (Lipinski definition) is 4. The molecule has 2 aromatic rings. The Hall–Kier alpha value is -1.64. The Morgan fingerprint density at radius 3 is 2.79 bits per heavy atom. The SMILES string of the molecule is CCOC(=O)c1cn2c(C(F)(F)F)c(Br)cnc2n1. The summed E-state index contributed by atoms with van der Waals surface area (Å²) in [5, 5.41) is 0. The lowest BCUT2D eigenvalue weighted by atomic mass is 10.4. The van der Waals surface area contributed by atoms with E-state index in [4.69, 9.17) is 0 Å². The molecule has 0 fully saturated rings. The van der Waals surface area contributed by atoms with Crippen molar-refractivity contribution >= 4 is 27.7 Å². The second kappa shape index (κ2) is 4.80. The summed E-state index contributed by atoms with van der Waals surface area (Å²) >= 11 is 2.78. The first-order valence-corrected chi connectivity index (χ1v) is 5.91. The Bertz CT molecular complexity index is 639. The fraction of sp³-hybridized carbons (Fsp3) is 0.300. The van der Waals surface area contributed by atoms with Crippen LogP contribution in [0.25, 0.3) is 5.78 Å². The van der Waals surface area contributed by atoms with E-state index in [-0.39, 0.29) is 22.6 Å². The summed E-state index contributed by atoms with van der Waals surface area (Å²) < 4.78 is 43.9. The second-order valence-electron chi connectivity index (χ2n) is 3.47. The highest BCUT2D eigenvalue weighted by molar-refractivity contribution is 9.10. The molecule has 9 heteroatoms. The number of hydrogen-bond donors (Lipinski definition) is 0. The van der Waals surface area contributed by atoms with Crippen LogP contribution in [-0.2, 0) is 10.9 Å². The number of ether oxygens (including phenoxy) is 1. The van der Waals surface area contributed by atoms with Crippen molar-refractivity contribution in [3.63, 3.8) is 0 Å². The maximum Gasteiger partial charge on any atom is 0.433 e. The number of esters is 1. The van der Waals surface area contributed by atoms with E-state index in [1.165, 1.54) is 0 Å². The van der Waals surface area contributed by atoms with Crippen LogP contribution in [0.1, 0.15) is 23.1 Å². The quantitative estimate of drug-likeness (QED) is 0.790. The van der Waals surface area contributed by atoms with Crippen molar-refractivity contribution < 1.29 is 22.7 Å². The number of imidazole rings is 1. The molecule has 2 rings (SSSR count). The molecule has 0 spiro atoms. The molecule has 0 aromatic carbocycles. The number of fused-ring (bicyclic) bond motifs is 1. The summed E-state index contributed by atoms with van der Waals surface area (Å²) in [6.07, 6.45) is -2.67. The van der Waals surface area contributed by atoms with E-state index in [1.807, 2.05) is 0 Å². The highest BCUT2D eigenvalue weighted by atomic mass is 79.9. The van der Waals surface area contributed by atoms with E-state index in [1.54, 1.807) is 6.92 Å². The molecule has 2 heterocycles. The normalized spacial score (nSPS) is 11.8. The summed E-state index contributed by atoms with van der Waals surface area (Å²) in [6, 6.07) is 0. The maximum atomic E-state index is 12.9. The molecule has 0 saturated heterocycles. The number of aromatic nitrogens is 3. The Morgan fingerprint density at radius 1 is 1.53 bits per heavy atom. The minimum absolute atomic E-state index is 0.107. The molecule has 5 nitrogen and oxygen atoms in total. The largest absolute Gasteiger partial charge is 0.461 e. The zero-order valence-corrected chi connectivity index (χ0v) is 11.1. The van der Waals surface area contributed by atoms with E-state index in [0.717, 1.165) is 12.4 Å². The molecule has 19 heavy (non-hydrogen) atoms. The minimum atomic E-state index is -4.60. The number of alkyl halides is 3. The number of carbonyl (C=O) groups excluding carboxylic acids is 1. The van der Waals surface area contributed by atoms with Gasteiger partial charge in [-0.05, 0) is 22.9 Å². The van der Waals surface area contributed by atoms with Gasteiger partial charge in [0.25, 0.3) is 0 Å². The lowest BCUT2D eigenvalue weighted by Gasteiger charge is -2.10. The third-order valence-corrected chi connectivity index (χ3v) is 2.78. The molecular weight excluding hydrogens is 331 g/mol. The van der Waals surface area contributed by atoms with Gasteiger partial charge in [-0.1, -0.05) is 0 Å². The van der Waals surface area contributed by atoms with Gasteiger partial charge in [0.15, 0.2) is 5.69 Å². The molecule has 0 saturated carbocycles. The molecule has 0 atom stereocenters. The van der Waals surface area contributed by atoms with Crippen molar-refractivity contribution in [1.29, 1.82) is 0 Å². The van der Waals surface area contributed by atoms with Crippen LogP contribution in [0.15, 0.2) is 16.9 Å². The van der Waals surface area contributed by atoms with Gasteiger partial charge in [0.05, 0.1) is 11.1 Å². The third kappa shape index (κ3) is 2.55. The summed E-state index contributed by atoms with van der Waals surface area (Å²) in [5.41, 5.74) is -1.21. The molecule has 0 aliphatic rings. The minimum Gasteiger partial charge on any atom is -0.461 e. The number of nitrogens with zero attached hydrogens (tertiary/aromatic N) is 3. The van der Waals surface area contributed by atoms with Crippen molar-refractivity contribution in [3.05, 3.63) is 28.3 Å². The predicted molar refractivity (Wildman–Crippen MR) is 61.6 cm³/mol. The molecule has 2 aromatic heterocycles. The van der Waals surface area contributed by atoms with Crippen molar-refractivity contribution in [2.24, 2.45) is 0 Å². The average Bonchev–Trinajstić information content (AvgIpc) is 2.70. The standard InChI is InChI=1S/C10H7BrF3N3O2/c1-2-19-8(18)6-4-17-7(10(12,13)14)5(11)3-15-9(17)16-6/h3-4H,2H2,1H3. The van der Waals surface area contributed by atoms with E-state index in [0.29, 0.717) is 4.40 Å². The molecule has 0 aliphatic heterocycles. The summed E-state index contributed by atoms with van der Waals surface area (Å²) in [6.45, 7) is 1.69. The van der Waals surface area contributed by atoms with Gasteiger partial charge >= 0.3 is 12.1 Å². The molecule has 0 aliphatic carbocycles. The average molecular weight is 338 g/mol. The van der Waals surface area contributed by atoms with Gasteiger partial charge in [-0.15, -0.1) is 0 Å². The topological polar surface area (TPSA) is 56.5 Å². The van der Waals surface area contributed by atoms with E-state index >= 15 is 0 Å². The van der Waals surface area contributed by atoms with Gasteiger partial charge < -0.3 is 4.74 Å². The lowest BCUT2D eigenvalue weighted by molar-refractivity contribution is -0.142. The Morgan fingerprint density at radius 2 is 2.21 bits per heavy atom. The fourth-order valence-corrected chi connectivity index (χ4v) is 2.01. The molecular formula is C10H7BrF3N3O2. The fourth-order valence-electron chi connectivity index (χ4n) is 1.49. The number of rotatable bonds is 2. The van der Waals surface area contributed by atoms with E-state index in [9.17, 15) is 18.0 Å². The Balaban J connectivity index is 2.63. The highest BCUT2D eigenvalue weighted by Gasteiger charge is 2.37. The zero-order chi connectivity index (χ0) is 14.2. The van der Waals surface area contributed by atoms with Crippen LogP contribution in [-0.4, -0.2) is 26.9 Å². The molecule has 0 unspecified atom stereocenters. The molecule has 0 N–H and O–H groups in total. The van der Waals surface area contributed by atoms with Crippen molar-refractivity contribution in [3.8, 4) is 0 Å². The van der Waals surface area contributed by atoms with Gasteiger partial charge in [0, 0.05) is 12.4 Å². The first-order chi connectivity index (χ1) is 8.84. The highest BCUT2D eigenvalue weighted by Crippen LogP contribution is 2.34. The molecule has 0 amide bonds. The van der Waals surface area contributed by atoms with Gasteiger partial charge in [-0.3, -0.25) is 4.40 Å². The molecule has 0 radical (unpaired) electrons. The van der Waals surface area contributed by atoms with Crippen molar-refractivity contribution in [1.82, 2.24) is 14.4 Å². The zero-order valence-electron chi connectivity index (χ0n) is 9.53. The van der Waals surface area contributed by atoms with Crippen molar-refractivity contribution in [2.45, 2.75) is 13.1 Å². The Labute approximate surface area is 113 Å². The molecule has 102 valence electrons. The summed E-state index contributed by atoms with van der Waals surface area (Å²) in [5.74, 6) is -1.02. The number of halogens is 4. The predicted octanol–water partition coefficient (Wildman–Crippen LogP) is 2.69. The first-order valence-electron chi connectivity index (χ1n) is 5.12. The molecule has 0 bridgehead atoms. The monoisotopic (exact) mass is 337 g/mol. The Kier molecular flexibility index (Phi) is 3.48. The van der Waals surface area contributed by atoms with Gasteiger partial charge in [-0.25, -0.2) is 14.8 Å². The van der Waals surface area contributed by atoms with E-state index < -0.39 is 17.8 Å².